The maximum Gasteiger partial charge on any atom is 0.120 e. The van der Waals surface area contributed by atoms with E-state index in [2.05, 4.69) is 35.8 Å². The number of aromatic nitrogens is 1. The van der Waals surface area contributed by atoms with Gasteiger partial charge < -0.3 is 9.88 Å². The zero-order chi connectivity index (χ0) is 12.3. The number of aryl methyl sites for hydroxylation is 1. The number of thiophene rings is 1. The van der Waals surface area contributed by atoms with Gasteiger partial charge in [-0.3, -0.25) is 0 Å². The minimum Gasteiger partial charge on any atom is -0.342 e. The lowest BCUT2D eigenvalue weighted by atomic mass is 10.2. The van der Waals surface area contributed by atoms with E-state index in [1.165, 1.54) is 4.88 Å². The fourth-order valence-electron chi connectivity index (χ4n) is 1.75. The Labute approximate surface area is 105 Å². The summed E-state index contributed by atoms with van der Waals surface area (Å²) in [5, 5.41) is 14.4. The van der Waals surface area contributed by atoms with Gasteiger partial charge in [-0.15, -0.1) is 11.3 Å². The Kier molecular flexibility index (Phi) is 3.62. The monoisotopic (exact) mass is 245 g/mol. The SMILES string of the molecule is CC(NCc1cc(C#N)n(C)c1)c1cccs1. The van der Waals surface area contributed by atoms with E-state index in [1.54, 1.807) is 11.3 Å². The van der Waals surface area contributed by atoms with Gasteiger partial charge in [-0.25, -0.2) is 0 Å². The zero-order valence-electron chi connectivity index (χ0n) is 9.97. The van der Waals surface area contributed by atoms with Crippen molar-refractivity contribution in [1.82, 2.24) is 9.88 Å². The molecule has 0 spiro atoms. The number of nitriles is 1. The molecule has 0 fully saturated rings. The van der Waals surface area contributed by atoms with Crippen LogP contribution in [0.25, 0.3) is 0 Å². The molecule has 4 heteroatoms. The molecule has 0 bridgehead atoms. The van der Waals surface area contributed by atoms with Crippen LogP contribution in [0.3, 0.4) is 0 Å². The summed E-state index contributed by atoms with van der Waals surface area (Å²) in [5.74, 6) is 0. The van der Waals surface area contributed by atoms with Crippen LogP contribution < -0.4 is 5.32 Å². The van der Waals surface area contributed by atoms with Gasteiger partial charge in [0.05, 0.1) is 0 Å². The number of nitrogens with zero attached hydrogens (tertiary/aromatic N) is 2. The third-order valence-corrected chi connectivity index (χ3v) is 3.81. The largest absolute Gasteiger partial charge is 0.342 e. The molecule has 0 aliphatic heterocycles. The summed E-state index contributed by atoms with van der Waals surface area (Å²) >= 11 is 1.76. The molecule has 88 valence electrons. The lowest BCUT2D eigenvalue weighted by Crippen LogP contribution is -2.16. The molecule has 0 aromatic carbocycles. The average Bonchev–Trinajstić information content (AvgIpc) is 2.95. The van der Waals surface area contributed by atoms with Gasteiger partial charge in [0.2, 0.25) is 0 Å². The summed E-state index contributed by atoms with van der Waals surface area (Å²) in [5.41, 5.74) is 1.85. The molecule has 0 aliphatic rings. The molecule has 3 nitrogen and oxygen atoms in total. The topological polar surface area (TPSA) is 40.8 Å². The van der Waals surface area contributed by atoms with Gasteiger partial charge in [0.15, 0.2) is 0 Å². The van der Waals surface area contributed by atoms with Gasteiger partial charge in [0, 0.05) is 30.7 Å². The highest BCUT2D eigenvalue weighted by Crippen LogP contribution is 2.18. The second-order valence-electron chi connectivity index (χ2n) is 4.07. The highest BCUT2D eigenvalue weighted by Gasteiger charge is 2.07. The Morgan fingerprint density at radius 1 is 1.59 bits per heavy atom. The molecular weight excluding hydrogens is 230 g/mol. The maximum atomic E-state index is 8.87. The quantitative estimate of drug-likeness (QED) is 0.899. The summed E-state index contributed by atoms with van der Waals surface area (Å²) < 4.78 is 1.85. The second kappa shape index (κ2) is 5.17. The number of nitrogens with one attached hydrogen (secondary N) is 1. The van der Waals surface area contributed by atoms with Gasteiger partial charge >= 0.3 is 0 Å². The van der Waals surface area contributed by atoms with Crippen LogP contribution >= 0.6 is 11.3 Å². The first-order valence-electron chi connectivity index (χ1n) is 5.53. The fraction of sp³-hybridized carbons (Fsp3) is 0.308. The van der Waals surface area contributed by atoms with Crippen molar-refractivity contribution in [3.63, 3.8) is 0 Å². The van der Waals surface area contributed by atoms with Crippen molar-refractivity contribution in [3.05, 3.63) is 45.9 Å². The minimum absolute atomic E-state index is 0.348. The van der Waals surface area contributed by atoms with Crippen LogP contribution in [0.5, 0.6) is 0 Å². The van der Waals surface area contributed by atoms with E-state index in [4.69, 9.17) is 5.26 Å². The number of rotatable bonds is 4. The molecule has 2 heterocycles. The maximum absolute atomic E-state index is 8.87. The Morgan fingerprint density at radius 2 is 2.41 bits per heavy atom. The van der Waals surface area contributed by atoms with E-state index in [-0.39, 0.29) is 0 Å². The van der Waals surface area contributed by atoms with Crippen molar-refractivity contribution in [1.29, 1.82) is 5.26 Å². The molecule has 0 aliphatic carbocycles. The van der Waals surface area contributed by atoms with Gasteiger partial charge in [-0.1, -0.05) is 6.07 Å². The van der Waals surface area contributed by atoms with E-state index in [9.17, 15) is 0 Å². The molecular formula is C13H15N3S. The van der Waals surface area contributed by atoms with Gasteiger partial charge in [0.25, 0.3) is 0 Å². The predicted octanol–water partition coefficient (Wildman–Crippen LogP) is 2.81. The van der Waals surface area contributed by atoms with Crippen molar-refractivity contribution < 1.29 is 0 Å². The first kappa shape index (κ1) is 11.9. The molecule has 1 atom stereocenters. The second-order valence-corrected chi connectivity index (χ2v) is 5.05. The van der Waals surface area contributed by atoms with Crippen molar-refractivity contribution in [2.75, 3.05) is 0 Å². The first-order valence-corrected chi connectivity index (χ1v) is 6.41. The summed E-state index contributed by atoms with van der Waals surface area (Å²) in [7, 11) is 1.89. The summed E-state index contributed by atoms with van der Waals surface area (Å²) in [6.45, 7) is 2.94. The molecule has 0 saturated heterocycles. The standard InChI is InChI=1S/C13H15N3S/c1-10(13-4-3-5-17-13)15-8-11-6-12(7-14)16(2)9-11/h3-6,9-10,15H,8H2,1-2H3. The molecule has 2 rings (SSSR count). The third kappa shape index (κ3) is 2.76. The van der Waals surface area contributed by atoms with E-state index < -0.39 is 0 Å². The molecule has 2 aromatic heterocycles. The van der Waals surface area contributed by atoms with Crippen LogP contribution in [-0.2, 0) is 13.6 Å². The Hall–Kier alpha value is -1.57. The third-order valence-electron chi connectivity index (χ3n) is 2.76. The lowest BCUT2D eigenvalue weighted by Gasteiger charge is -2.10. The van der Waals surface area contributed by atoms with Crippen LogP contribution in [0, 0.1) is 11.3 Å². The molecule has 1 unspecified atom stereocenters. The van der Waals surface area contributed by atoms with Crippen LogP contribution in [0.2, 0.25) is 0 Å². The molecule has 17 heavy (non-hydrogen) atoms. The zero-order valence-corrected chi connectivity index (χ0v) is 10.8. The number of hydrogen-bond donors (Lipinski definition) is 1. The van der Waals surface area contributed by atoms with Gasteiger partial charge in [0.1, 0.15) is 11.8 Å². The Bertz CT molecular complexity index is 519. The smallest absolute Gasteiger partial charge is 0.120 e. The molecule has 1 N–H and O–H groups in total. The van der Waals surface area contributed by atoms with E-state index in [1.807, 2.05) is 23.9 Å². The highest BCUT2D eigenvalue weighted by molar-refractivity contribution is 7.10. The predicted molar refractivity (Wildman–Crippen MR) is 69.7 cm³/mol. The van der Waals surface area contributed by atoms with Gasteiger partial charge in [-0.2, -0.15) is 5.26 Å². The van der Waals surface area contributed by atoms with E-state index >= 15 is 0 Å². The highest BCUT2D eigenvalue weighted by atomic mass is 32.1. The van der Waals surface area contributed by atoms with Crippen molar-refractivity contribution in [2.45, 2.75) is 19.5 Å². The summed E-state index contributed by atoms with van der Waals surface area (Å²) in [6, 6.07) is 8.64. The average molecular weight is 245 g/mol. The number of hydrogen-bond acceptors (Lipinski definition) is 3. The van der Waals surface area contributed by atoms with Gasteiger partial charge in [-0.05, 0) is 30.0 Å². The van der Waals surface area contributed by atoms with Crippen LogP contribution in [0.1, 0.15) is 29.1 Å². The summed E-state index contributed by atoms with van der Waals surface area (Å²) in [4.78, 5) is 1.33. The Morgan fingerprint density at radius 3 is 3.00 bits per heavy atom. The normalized spacial score (nSPS) is 12.3. The fourth-order valence-corrected chi connectivity index (χ4v) is 2.51. The van der Waals surface area contributed by atoms with E-state index in [0.717, 1.165) is 12.1 Å². The minimum atomic E-state index is 0.348. The van der Waals surface area contributed by atoms with Crippen LogP contribution in [0.4, 0.5) is 0 Å². The van der Waals surface area contributed by atoms with Crippen LogP contribution in [0.15, 0.2) is 29.8 Å². The Balaban J connectivity index is 1.96. The summed E-state index contributed by atoms with van der Waals surface area (Å²) in [6.07, 6.45) is 1.99. The lowest BCUT2D eigenvalue weighted by molar-refractivity contribution is 0.582. The molecule has 0 amide bonds. The van der Waals surface area contributed by atoms with Crippen molar-refractivity contribution in [3.8, 4) is 6.07 Å². The molecule has 2 aromatic rings. The van der Waals surface area contributed by atoms with Crippen molar-refractivity contribution in [2.24, 2.45) is 7.05 Å². The first-order chi connectivity index (χ1) is 8.20. The molecule has 0 radical (unpaired) electrons. The van der Waals surface area contributed by atoms with Crippen LogP contribution in [-0.4, -0.2) is 4.57 Å². The molecule has 0 saturated carbocycles. The van der Waals surface area contributed by atoms with Crippen molar-refractivity contribution >= 4 is 11.3 Å². The van der Waals surface area contributed by atoms with E-state index in [0.29, 0.717) is 11.7 Å².